The van der Waals surface area contributed by atoms with Gasteiger partial charge in [-0.2, -0.15) is 0 Å². The second-order valence-corrected chi connectivity index (χ2v) is 3.24. The first-order valence-electron chi connectivity index (χ1n) is 4.47. The molecule has 0 atom stereocenters. The molecule has 4 N–H and O–H groups in total. The Balaban J connectivity index is 2.40. The first-order valence-corrected chi connectivity index (χ1v) is 4.47. The molecule has 14 heavy (non-hydrogen) atoms. The molecule has 0 heterocycles. The van der Waals surface area contributed by atoms with Gasteiger partial charge in [-0.15, -0.1) is 0 Å². The summed E-state index contributed by atoms with van der Waals surface area (Å²) in [6, 6.07) is 15.6. The Labute approximate surface area is 83.2 Å². The van der Waals surface area contributed by atoms with E-state index in [-0.39, 0.29) is 0 Å². The van der Waals surface area contributed by atoms with Gasteiger partial charge in [0.25, 0.3) is 0 Å². The van der Waals surface area contributed by atoms with Crippen LogP contribution < -0.4 is 11.5 Å². The van der Waals surface area contributed by atoms with Crippen LogP contribution in [-0.2, 0) is 0 Å². The molecule has 0 radical (unpaired) electrons. The van der Waals surface area contributed by atoms with E-state index in [9.17, 15) is 0 Å². The molecule has 2 rings (SSSR count). The molecule has 0 saturated carbocycles. The van der Waals surface area contributed by atoms with Crippen molar-refractivity contribution >= 4 is 11.4 Å². The Morgan fingerprint density at radius 3 is 1.07 bits per heavy atom. The van der Waals surface area contributed by atoms with Crippen LogP contribution in [0.4, 0.5) is 11.4 Å². The van der Waals surface area contributed by atoms with Crippen molar-refractivity contribution in [2.24, 2.45) is 0 Å². The molecule has 0 bridgehead atoms. The minimum atomic E-state index is 0.782. The number of hydrogen-bond acceptors (Lipinski definition) is 2. The Hall–Kier alpha value is -1.96. The molecular formula is C12H12N2. The molecule has 2 aromatic carbocycles. The van der Waals surface area contributed by atoms with Crippen LogP contribution in [0.5, 0.6) is 0 Å². The molecule has 0 aliphatic rings. The first kappa shape index (κ1) is 8.63. The first-order chi connectivity index (χ1) is 6.75. The predicted octanol–water partition coefficient (Wildman–Crippen LogP) is 2.52. The van der Waals surface area contributed by atoms with Gasteiger partial charge in [-0.1, -0.05) is 24.3 Å². The molecule has 0 unspecified atom stereocenters. The summed E-state index contributed by atoms with van der Waals surface area (Å²) in [4.78, 5) is 0. The van der Waals surface area contributed by atoms with E-state index in [1.165, 1.54) is 0 Å². The fourth-order valence-electron chi connectivity index (χ4n) is 1.35. The van der Waals surface area contributed by atoms with Crippen LogP contribution in [0.3, 0.4) is 0 Å². The van der Waals surface area contributed by atoms with Crippen molar-refractivity contribution in [3.05, 3.63) is 48.5 Å². The number of hydrogen-bond donors (Lipinski definition) is 2. The van der Waals surface area contributed by atoms with Crippen molar-refractivity contribution in [3.8, 4) is 11.1 Å². The molecular weight excluding hydrogens is 184 g/mol. The summed E-state index contributed by atoms with van der Waals surface area (Å²) in [5.41, 5.74) is 15.1. The summed E-state index contributed by atoms with van der Waals surface area (Å²) in [7, 11) is 0. The summed E-state index contributed by atoms with van der Waals surface area (Å²) in [6.07, 6.45) is 0. The summed E-state index contributed by atoms with van der Waals surface area (Å²) in [6.45, 7) is 0. The Morgan fingerprint density at radius 2 is 0.786 bits per heavy atom. The highest BCUT2D eigenvalue weighted by atomic mass is 15.1. The van der Waals surface area contributed by atoms with Gasteiger partial charge in [0.2, 0.25) is 0 Å². The largest absolute Gasteiger partial charge is 0.399 e. The smallest absolute Gasteiger partial charge is 0.0314 e. The van der Waals surface area contributed by atoms with Crippen LogP contribution in [0.15, 0.2) is 48.5 Å². The molecule has 70 valence electrons. The maximum atomic E-state index is 5.61. The standard InChI is InChI=1S/C12H12N2/c13-11-5-1-9(2-6-11)10-3-7-12(14)8-4-10/h1-8H,13-14H2/i1+1,2+1,3+1,4+1,5+1,6+1,7+1,8+1,9+1,10+1,11+1,12+1. The van der Waals surface area contributed by atoms with E-state index < -0.39 is 0 Å². The second-order valence-electron chi connectivity index (χ2n) is 3.24. The van der Waals surface area contributed by atoms with Crippen LogP contribution in [0.25, 0.3) is 11.1 Å². The average Bonchev–Trinajstić information content (AvgIpc) is 2.21. The molecule has 0 amide bonds. The molecule has 2 heteroatoms. The van der Waals surface area contributed by atoms with Gasteiger partial charge in [0, 0.05) is 11.4 Å². The fourth-order valence-corrected chi connectivity index (χ4v) is 1.35. The van der Waals surface area contributed by atoms with Gasteiger partial charge in [0.15, 0.2) is 0 Å². The third kappa shape index (κ3) is 1.69. The summed E-state index contributed by atoms with van der Waals surface area (Å²) in [5.74, 6) is 0. The molecule has 2 aromatic rings. The highest BCUT2D eigenvalue weighted by molar-refractivity contribution is 5.67. The molecule has 0 aliphatic heterocycles. The molecule has 0 aliphatic carbocycles. The van der Waals surface area contributed by atoms with E-state index in [0.29, 0.717) is 0 Å². The molecule has 0 aromatic heterocycles. The molecule has 0 spiro atoms. The third-order valence-electron chi connectivity index (χ3n) is 2.15. The lowest BCUT2D eigenvalue weighted by Crippen LogP contribution is -1.85. The minimum Gasteiger partial charge on any atom is -0.399 e. The van der Waals surface area contributed by atoms with Crippen LogP contribution in [0.1, 0.15) is 0 Å². The average molecular weight is 196 g/mol. The van der Waals surface area contributed by atoms with Crippen molar-refractivity contribution in [1.29, 1.82) is 0 Å². The van der Waals surface area contributed by atoms with E-state index in [1.807, 2.05) is 48.5 Å². The number of benzene rings is 2. The van der Waals surface area contributed by atoms with Crippen molar-refractivity contribution in [3.63, 3.8) is 0 Å². The van der Waals surface area contributed by atoms with Crippen molar-refractivity contribution < 1.29 is 0 Å². The van der Waals surface area contributed by atoms with Crippen LogP contribution >= 0.6 is 0 Å². The van der Waals surface area contributed by atoms with Crippen molar-refractivity contribution in [1.82, 2.24) is 0 Å². The number of anilines is 2. The fraction of sp³-hybridized carbons (Fsp3) is 0. The zero-order valence-electron chi connectivity index (χ0n) is 7.77. The highest BCUT2D eigenvalue weighted by Crippen LogP contribution is 2.21. The van der Waals surface area contributed by atoms with Crippen LogP contribution in [0, 0.1) is 0 Å². The zero-order chi connectivity index (χ0) is 9.97. The second kappa shape index (κ2) is 3.42. The topological polar surface area (TPSA) is 52.0 Å². The van der Waals surface area contributed by atoms with Crippen molar-refractivity contribution in [2.75, 3.05) is 11.5 Å². The maximum absolute atomic E-state index is 5.61. The van der Waals surface area contributed by atoms with Gasteiger partial charge < -0.3 is 11.5 Å². The zero-order valence-corrected chi connectivity index (χ0v) is 7.77. The van der Waals surface area contributed by atoms with E-state index in [0.717, 1.165) is 22.5 Å². The summed E-state index contributed by atoms with van der Waals surface area (Å²) < 4.78 is 0. The lowest BCUT2D eigenvalue weighted by atomic mass is 11.0. The number of rotatable bonds is 1. The van der Waals surface area contributed by atoms with Crippen LogP contribution in [0.2, 0.25) is 0 Å². The Morgan fingerprint density at radius 1 is 0.500 bits per heavy atom. The Kier molecular flexibility index (Phi) is 2.11. The van der Waals surface area contributed by atoms with Gasteiger partial charge in [-0.05, 0) is 35.4 Å². The molecule has 2 nitrogen and oxygen atoms in total. The Bertz CT molecular complexity index is 372. The monoisotopic (exact) mass is 196 g/mol. The lowest BCUT2D eigenvalue weighted by molar-refractivity contribution is 1.61. The van der Waals surface area contributed by atoms with E-state index in [1.54, 1.807) is 0 Å². The van der Waals surface area contributed by atoms with E-state index in [4.69, 9.17) is 11.5 Å². The quantitative estimate of drug-likeness (QED) is 0.688. The molecule has 0 fully saturated rings. The van der Waals surface area contributed by atoms with Gasteiger partial charge in [-0.25, -0.2) is 0 Å². The molecule has 0 saturated heterocycles. The van der Waals surface area contributed by atoms with Gasteiger partial charge in [0.05, 0.1) is 0 Å². The normalized spacial score (nSPS) is 10.0. The van der Waals surface area contributed by atoms with E-state index >= 15 is 0 Å². The summed E-state index contributed by atoms with van der Waals surface area (Å²) >= 11 is 0. The minimum absolute atomic E-state index is 0.782. The van der Waals surface area contributed by atoms with Crippen molar-refractivity contribution in [2.45, 2.75) is 0 Å². The number of nitrogens with two attached hydrogens (primary N) is 2. The predicted molar refractivity (Wildman–Crippen MR) is 60.7 cm³/mol. The summed E-state index contributed by atoms with van der Waals surface area (Å²) in [5, 5.41) is 0. The van der Waals surface area contributed by atoms with Gasteiger partial charge in [0.1, 0.15) is 0 Å². The van der Waals surface area contributed by atoms with Gasteiger partial charge >= 0.3 is 0 Å². The SMILES string of the molecule is N[13c]1[13cH][13cH][13c](-[13c]2[13cH][13cH][13c](N)[13cH][13cH]2)[13cH][13cH]1. The third-order valence-corrected chi connectivity index (χ3v) is 2.15. The number of nitrogen functional groups attached to an aromatic ring is 2. The van der Waals surface area contributed by atoms with Gasteiger partial charge in [-0.3, -0.25) is 0 Å². The maximum Gasteiger partial charge on any atom is 0.0314 e. The lowest BCUT2D eigenvalue weighted by Gasteiger charge is -2.02. The highest BCUT2D eigenvalue weighted by Gasteiger charge is 1.95. The van der Waals surface area contributed by atoms with Crippen LogP contribution in [-0.4, -0.2) is 0 Å². The van der Waals surface area contributed by atoms with E-state index in [2.05, 4.69) is 0 Å².